The fraction of sp³-hybridized carbons (Fsp3) is 0.118. The number of pyridine rings is 2. The number of halogens is 1. The summed E-state index contributed by atoms with van der Waals surface area (Å²) in [7, 11) is 1.14. The summed E-state index contributed by atoms with van der Waals surface area (Å²) in [6, 6.07) is 7.56. The highest BCUT2D eigenvalue weighted by atomic mass is 19.1. The van der Waals surface area contributed by atoms with Crippen LogP contribution in [0, 0.1) is 5.82 Å². The van der Waals surface area contributed by atoms with E-state index in [0.717, 1.165) is 12.7 Å². The van der Waals surface area contributed by atoms with Gasteiger partial charge in [0.05, 0.1) is 12.5 Å². The second kappa shape index (κ2) is 6.11. The molecule has 24 heavy (non-hydrogen) atoms. The summed E-state index contributed by atoms with van der Waals surface area (Å²) in [6.07, 6.45) is 1.94. The van der Waals surface area contributed by atoms with Crippen LogP contribution in [0.15, 0.2) is 41.3 Å². The SMILES string of the molecule is COC(=O)c1[nH]c(=O)c2cc(Cc3ccc(F)cc3)cnc2c1O. The number of aromatic nitrogens is 2. The van der Waals surface area contributed by atoms with Crippen molar-refractivity contribution >= 4 is 16.9 Å². The lowest BCUT2D eigenvalue weighted by molar-refractivity contribution is 0.0590. The van der Waals surface area contributed by atoms with Crippen molar-refractivity contribution in [3.8, 4) is 5.75 Å². The molecule has 0 radical (unpaired) electrons. The first-order valence-electron chi connectivity index (χ1n) is 7.06. The molecular formula is C17H13FN2O4. The van der Waals surface area contributed by atoms with Crippen LogP contribution in [0.5, 0.6) is 5.75 Å². The Bertz CT molecular complexity index is 980. The van der Waals surface area contributed by atoms with Crippen LogP contribution in [0.25, 0.3) is 10.9 Å². The number of nitrogens with one attached hydrogen (secondary N) is 1. The Morgan fingerprint density at radius 1 is 1.29 bits per heavy atom. The molecule has 6 nitrogen and oxygen atoms in total. The number of nitrogens with zero attached hydrogens (tertiary/aromatic N) is 1. The largest absolute Gasteiger partial charge is 0.504 e. The number of aromatic hydroxyl groups is 1. The second-order valence-corrected chi connectivity index (χ2v) is 5.21. The van der Waals surface area contributed by atoms with Crippen molar-refractivity contribution < 1.29 is 19.0 Å². The third-order valence-corrected chi connectivity index (χ3v) is 3.60. The maximum absolute atomic E-state index is 12.9. The van der Waals surface area contributed by atoms with Gasteiger partial charge in [-0.05, 0) is 35.7 Å². The quantitative estimate of drug-likeness (QED) is 0.719. The number of carbonyl (C=O) groups is 1. The molecule has 1 aromatic carbocycles. The second-order valence-electron chi connectivity index (χ2n) is 5.21. The topological polar surface area (TPSA) is 92.3 Å². The third kappa shape index (κ3) is 2.83. The molecule has 0 bridgehead atoms. The maximum atomic E-state index is 12.9. The number of H-pyrrole nitrogens is 1. The van der Waals surface area contributed by atoms with Crippen LogP contribution in [-0.4, -0.2) is 28.2 Å². The number of fused-ring (bicyclic) bond motifs is 1. The predicted octanol–water partition coefficient (Wildman–Crippen LogP) is 2.15. The minimum Gasteiger partial charge on any atom is -0.504 e. The predicted molar refractivity (Wildman–Crippen MR) is 84.6 cm³/mol. The molecule has 0 atom stereocenters. The number of hydrogen-bond acceptors (Lipinski definition) is 5. The molecule has 122 valence electrons. The Labute approximate surface area is 135 Å². The molecule has 0 aliphatic carbocycles. The number of hydrogen-bond donors (Lipinski definition) is 2. The highest BCUT2D eigenvalue weighted by Crippen LogP contribution is 2.24. The summed E-state index contributed by atoms with van der Waals surface area (Å²) in [5, 5.41) is 10.3. The minimum absolute atomic E-state index is 0.0157. The van der Waals surface area contributed by atoms with Gasteiger partial charge in [-0.1, -0.05) is 12.1 Å². The van der Waals surface area contributed by atoms with Gasteiger partial charge in [-0.15, -0.1) is 0 Å². The van der Waals surface area contributed by atoms with E-state index in [4.69, 9.17) is 0 Å². The molecule has 2 N–H and O–H groups in total. The van der Waals surface area contributed by atoms with Gasteiger partial charge < -0.3 is 14.8 Å². The van der Waals surface area contributed by atoms with E-state index in [1.807, 2.05) is 0 Å². The fourth-order valence-electron chi connectivity index (χ4n) is 2.41. The highest BCUT2D eigenvalue weighted by Gasteiger charge is 2.18. The van der Waals surface area contributed by atoms with Crippen LogP contribution in [-0.2, 0) is 11.2 Å². The molecule has 0 unspecified atom stereocenters. The third-order valence-electron chi connectivity index (χ3n) is 3.60. The first-order valence-corrected chi connectivity index (χ1v) is 7.06. The van der Waals surface area contributed by atoms with Crippen molar-refractivity contribution in [2.75, 3.05) is 7.11 Å². The Kier molecular flexibility index (Phi) is 3.99. The first kappa shape index (κ1) is 15.7. The maximum Gasteiger partial charge on any atom is 0.358 e. The summed E-state index contributed by atoms with van der Waals surface area (Å²) >= 11 is 0. The van der Waals surface area contributed by atoms with Crippen molar-refractivity contribution in [1.29, 1.82) is 0 Å². The van der Waals surface area contributed by atoms with Crippen molar-refractivity contribution in [3.63, 3.8) is 0 Å². The molecule has 3 rings (SSSR count). The number of aromatic amines is 1. The van der Waals surface area contributed by atoms with Gasteiger partial charge >= 0.3 is 5.97 Å². The smallest absolute Gasteiger partial charge is 0.358 e. The molecular weight excluding hydrogens is 315 g/mol. The van der Waals surface area contributed by atoms with E-state index in [9.17, 15) is 19.1 Å². The van der Waals surface area contributed by atoms with Gasteiger partial charge in [0.15, 0.2) is 11.4 Å². The molecule has 0 aliphatic heterocycles. The molecule has 0 amide bonds. The van der Waals surface area contributed by atoms with E-state index < -0.39 is 17.3 Å². The van der Waals surface area contributed by atoms with E-state index in [0.29, 0.717) is 12.0 Å². The van der Waals surface area contributed by atoms with Gasteiger partial charge in [-0.25, -0.2) is 9.18 Å². The van der Waals surface area contributed by atoms with Crippen molar-refractivity contribution in [3.05, 3.63) is 69.5 Å². The van der Waals surface area contributed by atoms with E-state index >= 15 is 0 Å². The van der Waals surface area contributed by atoms with Gasteiger partial charge in [-0.3, -0.25) is 9.78 Å². The molecule has 3 aromatic rings. The standard InChI is InChI=1S/C17H13FN2O4/c1-24-17(23)14-15(21)13-12(16(22)20-14)7-10(8-19-13)6-9-2-4-11(18)5-3-9/h2-5,7-8,21H,6H2,1H3,(H,20,22). The number of esters is 1. The van der Waals surface area contributed by atoms with Gasteiger partial charge in [-0.2, -0.15) is 0 Å². The van der Waals surface area contributed by atoms with Crippen molar-refractivity contribution in [2.45, 2.75) is 6.42 Å². The number of carbonyl (C=O) groups excluding carboxylic acids is 1. The van der Waals surface area contributed by atoms with Crippen LogP contribution in [0.2, 0.25) is 0 Å². The molecule has 0 aliphatic rings. The van der Waals surface area contributed by atoms with Gasteiger partial charge in [0.1, 0.15) is 11.3 Å². The number of ether oxygens (including phenoxy) is 1. The summed E-state index contributed by atoms with van der Waals surface area (Å²) in [6.45, 7) is 0. The van der Waals surface area contributed by atoms with Gasteiger partial charge in [0.25, 0.3) is 5.56 Å². The summed E-state index contributed by atoms with van der Waals surface area (Å²) < 4.78 is 17.4. The Morgan fingerprint density at radius 2 is 2.00 bits per heavy atom. The van der Waals surface area contributed by atoms with Crippen molar-refractivity contribution in [2.24, 2.45) is 0 Å². The fourth-order valence-corrected chi connectivity index (χ4v) is 2.41. The van der Waals surface area contributed by atoms with Crippen LogP contribution < -0.4 is 5.56 Å². The molecule has 0 fully saturated rings. The van der Waals surface area contributed by atoms with Crippen LogP contribution >= 0.6 is 0 Å². The average Bonchev–Trinajstić information content (AvgIpc) is 2.59. The van der Waals surface area contributed by atoms with Crippen LogP contribution in [0.1, 0.15) is 21.6 Å². The molecule has 0 spiro atoms. The molecule has 2 aromatic heterocycles. The van der Waals surface area contributed by atoms with Crippen LogP contribution in [0.3, 0.4) is 0 Å². The Hall–Kier alpha value is -3.22. The number of methoxy groups -OCH3 is 1. The van der Waals surface area contributed by atoms with Gasteiger partial charge in [0, 0.05) is 6.20 Å². The normalized spacial score (nSPS) is 10.8. The summed E-state index contributed by atoms with van der Waals surface area (Å²) in [5.74, 6) is -1.62. The number of benzene rings is 1. The monoisotopic (exact) mass is 328 g/mol. The molecule has 0 saturated carbocycles. The summed E-state index contributed by atoms with van der Waals surface area (Å²) in [4.78, 5) is 30.1. The van der Waals surface area contributed by atoms with Crippen LogP contribution in [0.4, 0.5) is 4.39 Å². The zero-order valence-electron chi connectivity index (χ0n) is 12.7. The lowest BCUT2D eigenvalue weighted by atomic mass is 10.0. The number of rotatable bonds is 3. The Balaban J connectivity index is 2.05. The minimum atomic E-state index is -0.858. The van der Waals surface area contributed by atoms with Gasteiger partial charge in [0.2, 0.25) is 0 Å². The van der Waals surface area contributed by atoms with Crippen molar-refractivity contribution in [1.82, 2.24) is 9.97 Å². The van der Waals surface area contributed by atoms with E-state index in [1.165, 1.54) is 18.3 Å². The highest BCUT2D eigenvalue weighted by molar-refractivity contribution is 5.97. The zero-order chi connectivity index (χ0) is 17.3. The average molecular weight is 328 g/mol. The lowest BCUT2D eigenvalue weighted by Crippen LogP contribution is -2.15. The lowest BCUT2D eigenvalue weighted by Gasteiger charge is -2.07. The molecule has 0 saturated heterocycles. The summed E-state index contributed by atoms with van der Waals surface area (Å²) in [5.41, 5.74) is 0.682. The van der Waals surface area contributed by atoms with E-state index in [1.54, 1.807) is 18.2 Å². The zero-order valence-corrected chi connectivity index (χ0v) is 12.7. The first-order chi connectivity index (χ1) is 11.5. The van der Waals surface area contributed by atoms with E-state index in [2.05, 4.69) is 14.7 Å². The molecule has 2 heterocycles. The molecule has 7 heteroatoms. The Morgan fingerprint density at radius 3 is 2.67 bits per heavy atom. The van der Waals surface area contributed by atoms with E-state index in [-0.39, 0.29) is 22.4 Å².